The van der Waals surface area contributed by atoms with E-state index < -0.39 is 0 Å². The van der Waals surface area contributed by atoms with Crippen LogP contribution >= 0.6 is 11.6 Å². The lowest BCUT2D eigenvalue weighted by Crippen LogP contribution is -2.48. The molecule has 3 heterocycles. The van der Waals surface area contributed by atoms with E-state index in [2.05, 4.69) is 53.3 Å². The van der Waals surface area contributed by atoms with E-state index in [0.717, 1.165) is 24.4 Å². The first-order valence-corrected chi connectivity index (χ1v) is 11.0. The van der Waals surface area contributed by atoms with Crippen molar-refractivity contribution in [3.05, 3.63) is 53.2 Å². The van der Waals surface area contributed by atoms with Crippen molar-refractivity contribution in [2.45, 2.75) is 64.2 Å². The maximum atomic E-state index is 13.0. The molecule has 3 unspecified atom stereocenters. The molecule has 1 fully saturated rings. The van der Waals surface area contributed by atoms with Gasteiger partial charge in [-0.1, -0.05) is 30.7 Å². The lowest BCUT2D eigenvalue weighted by atomic mass is 10.0. The van der Waals surface area contributed by atoms with Crippen molar-refractivity contribution in [3.63, 3.8) is 0 Å². The Morgan fingerprint density at radius 2 is 2.03 bits per heavy atom. The molecule has 1 N–H and O–H groups in total. The average Bonchev–Trinajstić information content (AvgIpc) is 3.10. The summed E-state index contributed by atoms with van der Waals surface area (Å²) >= 11 is 6.15. The number of amidine groups is 1. The molecular weight excluding hydrogens is 384 g/mol. The highest BCUT2D eigenvalue weighted by molar-refractivity contribution is 6.32. The van der Waals surface area contributed by atoms with Crippen molar-refractivity contribution in [2.24, 2.45) is 4.99 Å². The Hall–Kier alpha value is -2.27. The third-order valence-corrected chi connectivity index (χ3v) is 6.33. The number of piperidine rings is 1. The molecule has 0 aliphatic carbocycles. The monoisotopic (exact) mass is 412 g/mol. The third-order valence-electron chi connectivity index (χ3n) is 6.11. The van der Waals surface area contributed by atoms with Crippen LogP contribution < -0.4 is 10.2 Å². The van der Waals surface area contributed by atoms with Gasteiger partial charge in [-0.3, -0.25) is 9.79 Å². The van der Waals surface area contributed by atoms with E-state index >= 15 is 0 Å². The number of nitrogens with zero attached hydrogens (tertiary/aromatic N) is 3. The van der Waals surface area contributed by atoms with Gasteiger partial charge in [0.05, 0.1) is 11.1 Å². The summed E-state index contributed by atoms with van der Waals surface area (Å²) in [5.74, 6) is 0.793. The number of carbonyl (C=O) groups excluding carboxylic acids is 1. The van der Waals surface area contributed by atoms with E-state index in [-0.39, 0.29) is 18.0 Å². The van der Waals surface area contributed by atoms with Crippen LogP contribution in [0.15, 0.2) is 52.6 Å². The van der Waals surface area contributed by atoms with Gasteiger partial charge in [0.15, 0.2) is 0 Å². The predicted molar refractivity (Wildman–Crippen MR) is 119 cm³/mol. The van der Waals surface area contributed by atoms with Crippen LogP contribution in [0, 0.1) is 0 Å². The molecular formula is C23H29ClN4O. The molecule has 1 aromatic rings. The smallest absolute Gasteiger partial charge is 0.245 e. The molecule has 3 aliphatic heterocycles. The normalized spacial score (nSPS) is 26.1. The second-order valence-electron chi connectivity index (χ2n) is 8.08. The zero-order valence-electron chi connectivity index (χ0n) is 17.1. The molecule has 0 radical (unpaired) electrons. The Morgan fingerprint density at radius 3 is 2.76 bits per heavy atom. The summed E-state index contributed by atoms with van der Waals surface area (Å²) in [4.78, 5) is 22.0. The number of rotatable bonds is 5. The minimum Gasteiger partial charge on any atom is -0.369 e. The van der Waals surface area contributed by atoms with Gasteiger partial charge in [0.25, 0.3) is 0 Å². The number of hydrogen-bond donors (Lipinski definition) is 1. The molecule has 0 bridgehead atoms. The number of anilines is 1. The van der Waals surface area contributed by atoms with Crippen LogP contribution in [0.4, 0.5) is 5.69 Å². The van der Waals surface area contributed by atoms with E-state index in [1.54, 1.807) is 6.20 Å². The second-order valence-corrected chi connectivity index (χ2v) is 8.52. The first-order valence-electron chi connectivity index (χ1n) is 10.6. The second kappa shape index (κ2) is 8.62. The number of allylic oxidation sites excluding steroid dienone is 2. The lowest BCUT2D eigenvalue weighted by molar-refractivity contribution is -0.124. The zero-order valence-corrected chi connectivity index (χ0v) is 17.9. The van der Waals surface area contributed by atoms with Gasteiger partial charge in [-0.15, -0.1) is 0 Å². The fraction of sp³-hybridized carbons (Fsp3) is 0.478. The van der Waals surface area contributed by atoms with Crippen LogP contribution in [0.3, 0.4) is 0 Å². The lowest BCUT2D eigenvalue weighted by Gasteiger charge is -2.35. The van der Waals surface area contributed by atoms with Gasteiger partial charge in [-0.2, -0.15) is 0 Å². The molecule has 3 atom stereocenters. The molecule has 5 nitrogen and oxygen atoms in total. The summed E-state index contributed by atoms with van der Waals surface area (Å²) in [5.41, 5.74) is 2.37. The van der Waals surface area contributed by atoms with Crippen molar-refractivity contribution < 1.29 is 4.79 Å². The molecule has 29 heavy (non-hydrogen) atoms. The summed E-state index contributed by atoms with van der Waals surface area (Å²) < 4.78 is 0. The molecule has 3 aliphatic rings. The minimum absolute atomic E-state index is 0.0136. The van der Waals surface area contributed by atoms with Crippen LogP contribution in [-0.4, -0.2) is 41.3 Å². The fourth-order valence-electron chi connectivity index (χ4n) is 4.44. The molecule has 154 valence electrons. The largest absolute Gasteiger partial charge is 0.369 e. The zero-order chi connectivity index (χ0) is 20.4. The van der Waals surface area contributed by atoms with Crippen molar-refractivity contribution >= 4 is 29.0 Å². The van der Waals surface area contributed by atoms with Gasteiger partial charge in [0, 0.05) is 31.0 Å². The highest BCUT2D eigenvalue weighted by atomic mass is 35.5. The standard InChI is InChI=1S/C23H29ClN4O/c1-3-20-22(28-15-18(24)9-12-21(28)26-20)23(29)25-14-17-7-10-19(11-8-17)27-13-5-4-6-16(27)2/h7-12,15-16,20,22H,3-6,13-14H2,1-2H3,(H,25,29). The Balaban J connectivity index is 1.38. The molecule has 6 heteroatoms. The number of carbonyl (C=O) groups is 1. The Morgan fingerprint density at radius 1 is 1.24 bits per heavy atom. The van der Waals surface area contributed by atoms with E-state index in [4.69, 9.17) is 11.6 Å². The van der Waals surface area contributed by atoms with Crippen LogP contribution in [0.2, 0.25) is 0 Å². The highest BCUT2D eigenvalue weighted by Crippen LogP contribution is 2.27. The Kier molecular flexibility index (Phi) is 5.95. The van der Waals surface area contributed by atoms with Gasteiger partial charge in [0.2, 0.25) is 5.91 Å². The molecule has 0 spiro atoms. The van der Waals surface area contributed by atoms with E-state index in [0.29, 0.717) is 17.6 Å². The van der Waals surface area contributed by atoms with Crippen molar-refractivity contribution in [2.75, 3.05) is 11.4 Å². The van der Waals surface area contributed by atoms with E-state index in [1.807, 2.05) is 17.1 Å². The minimum atomic E-state index is -0.345. The number of nitrogens with one attached hydrogen (secondary N) is 1. The Labute approximate surface area is 178 Å². The van der Waals surface area contributed by atoms with E-state index in [9.17, 15) is 4.79 Å². The van der Waals surface area contributed by atoms with E-state index in [1.165, 1.54) is 24.9 Å². The highest BCUT2D eigenvalue weighted by Gasteiger charge is 2.39. The summed E-state index contributed by atoms with van der Waals surface area (Å²) in [6, 6.07) is 8.77. The molecule has 4 rings (SSSR count). The van der Waals surface area contributed by atoms with Crippen molar-refractivity contribution in [1.82, 2.24) is 10.2 Å². The number of fused-ring (bicyclic) bond motifs is 1. The summed E-state index contributed by atoms with van der Waals surface area (Å²) in [7, 11) is 0. The molecule has 0 saturated carbocycles. The molecule has 1 saturated heterocycles. The number of halogens is 1. The van der Waals surface area contributed by atoms with Gasteiger partial charge >= 0.3 is 0 Å². The molecule has 1 aromatic carbocycles. The Bertz CT molecular complexity index is 845. The fourth-order valence-corrected chi connectivity index (χ4v) is 4.61. The number of aliphatic imine (C=N–C) groups is 1. The summed E-state index contributed by atoms with van der Waals surface area (Å²) in [6.07, 6.45) is 10.1. The van der Waals surface area contributed by atoms with Crippen molar-refractivity contribution in [1.29, 1.82) is 0 Å². The van der Waals surface area contributed by atoms with Gasteiger partial charge in [-0.25, -0.2) is 0 Å². The first-order chi connectivity index (χ1) is 14.1. The van der Waals surface area contributed by atoms with Crippen LogP contribution in [-0.2, 0) is 11.3 Å². The van der Waals surface area contributed by atoms with Crippen LogP contribution in [0.1, 0.15) is 45.1 Å². The summed E-state index contributed by atoms with van der Waals surface area (Å²) in [5, 5.41) is 3.71. The third kappa shape index (κ3) is 4.20. The van der Waals surface area contributed by atoms with Gasteiger partial charge in [-0.05, 0) is 62.5 Å². The van der Waals surface area contributed by atoms with Gasteiger partial charge < -0.3 is 15.1 Å². The molecule has 1 amide bonds. The number of benzene rings is 1. The quantitative estimate of drug-likeness (QED) is 0.788. The van der Waals surface area contributed by atoms with Gasteiger partial charge in [0.1, 0.15) is 11.9 Å². The maximum absolute atomic E-state index is 13.0. The van der Waals surface area contributed by atoms with Crippen LogP contribution in [0.5, 0.6) is 0 Å². The first kappa shape index (κ1) is 20.0. The topological polar surface area (TPSA) is 47.9 Å². The average molecular weight is 413 g/mol. The predicted octanol–water partition coefficient (Wildman–Crippen LogP) is 4.19. The summed E-state index contributed by atoms with van der Waals surface area (Å²) in [6.45, 7) is 5.99. The number of amides is 1. The van der Waals surface area contributed by atoms with Crippen LogP contribution in [0.25, 0.3) is 0 Å². The van der Waals surface area contributed by atoms with Crippen molar-refractivity contribution in [3.8, 4) is 0 Å². The maximum Gasteiger partial charge on any atom is 0.245 e. The SMILES string of the molecule is CCC1N=C2C=CC(Cl)=CN2C1C(=O)NCc1ccc(N2CCCCC2C)cc1. The number of hydrogen-bond acceptors (Lipinski definition) is 4. The molecule has 0 aromatic heterocycles.